The summed E-state index contributed by atoms with van der Waals surface area (Å²) in [6, 6.07) is 0.607. The van der Waals surface area contributed by atoms with Crippen LogP contribution >= 0.6 is 0 Å². The van der Waals surface area contributed by atoms with Gasteiger partial charge in [0.05, 0.1) is 6.54 Å². The molecule has 1 heterocycles. The minimum atomic E-state index is 0.607. The number of nitrogens with zero attached hydrogens (tertiary/aromatic N) is 3. The predicted octanol–water partition coefficient (Wildman–Crippen LogP) is 1.38. The Bertz CT molecular complexity index is 337. The van der Waals surface area contributed by atoms with Crippen molar-refractivity contribution in [1.82, 2.24) is 20.4 Å². The first-order chi connectivity index (χ1) is 11.7. The fraction of sp³-hybridized carbons (Fsp3) is 0.944. The van der Waals surface area contributed by atoms with Crippen molar-refractivity contribution in [2.75, 3.05) is 66.6 Å². The molecule has 1 rings (SSSR count). The third-order valence-electron chi connectivity index (χ3n) is 4.63. The summed E-state index contributed by atoms with van der Waals surface area (Å²) in [5.74, 6) is 0.949. The van der Waals surface area contributed by atoms with Crippen molar-refractivity contribution >= 4 is 5.96 Å². The lowest BCUT2D eigenvalue weighted by Crippen LogP contribution is -2.44. The largest absolute Gasteiger partial charge is 0.385 e. The van der Waals surface area contributed by atoms with Crippen molar-refractivity contribution in [2.45, 2.75) is 45.6 Å². The number of hydrogen-bond donors (Lipinski definition) is 2. The zero-order chi connectivity index (χ0) is 17.6. The summed E-state index contributed by atoms with van der Waals surface area (Å²) in [5.41, 5.74) is 0. The molecular weight excluding hydrogens is 302 g/mol. The van der Waals surface area contributed by atoms with Gasteiger partial charge in [0.25, 0.3) is 0 Å². The highest BCUT2D eigenvalue weighted by Gasteiger charge is 2.20. The van der Waals surface area contributed by atoms with E-state index in [0.717, 1.165) is 58.3 Å². The Morgan fingerprint density at radius 2 is 2.08 bits per heavy atom. The van der Waals surface area contributed by atoms with Gasteiger partial charge < -0.3 is 20.3 Å². The van der Waals surface area contributed by atoms with E-state index in [9.17, 15) is 0 Å². The molecule has 0 radical (unpaired) electrons. The maximum absolute atomic E-state index is 5.10. The van der Waals surface area contributed by atoms with Gasteiger partial charge >= 0.3 is 0 Å². The number of likely N-dealkylation sites (N-methyl/N-ethyl adjacent to an activating group) is 2. The quantitative estimate of drug-likeness (QED) is 0.338. The second kappa shape index (κ2) is 13.4. The minimum Gasteiger partial charge on any atom is -0.385 e. The lowest BCUT2D eigenvalue weighted by molar-refractivity contribution is 0.161. The molecule has 1 unspecified atom stereocenters. The van der Waals surface area contributed by atoms with Crippen LogP contribution in [0.5, 0.6) is 0 Å². The molecule has 1 fully saturated rings. The zero-order valence-corrected chi connectivity index (χ0v) is 16.3. The Hall–Kier alpha value is -0.850. The molecule has 142 valence electrons. The molecule has 0 aromatic rings. The van der Waals surface area contributed by atoms with Crippen LogP contribution in [0.2, 0.25) is 0 Å². The monoisotopic (exact) mass is 341 g/mol. The molecule has 0 spiro atoms. The molecule has 1 atom stereocenters. The topological polar surface area (TPSA) is 52.1 Å². The van der Waals surface area contributed by atoms with Crippen molar-refractivity contribution in [3.8, 4) is 0 Å². The van der Waals surface area contributed by atoms with E-state index >= 15 is 0 Å². The molecule has 2 N–H and O–H groups in total. The van der Waals surface area contributed by atoms with Crippen LogP contribution in [-0.4, -0.2) is 88.4 Å². The van der Waals surface area contributed by atoms with Gasteiger partial charge in [0.15, 0.2) is 5.96 Å². The summed E-state index contributed by atoms with van der Waals surface area (Å²) >= 11 is 0. The normalized spacial score (nSPS) is 19.7. The average Bonchev–Trinajstić information content (AvgIpc) is 2.60. The lowest BCUT2D eigenvalue weighted by atomic mass is 10.0. The average molecular weight is 342 g/mol. The van der Waals surface area contributed by atoms with Gasteiger partial charge in [0.2, 0.25) is 0 Å². The van der Waals surface area contributed by atoms with Gasteiger partial charge in [0, 0.05) is 45.9 Å². The smallest absolute Gasteiger partial charge is 0.191 e. The fourth-order valence-corrected chi connectivity index (χ4v) is 3.18. The number of ether oxygens (including phenoxy) is 1. The molecule has 0 saturated carbocycles. The van der Waals surface area contributed by atoms with E-state index in [2.05, 4.69) is 41.3 Å². The molecule has 0 aromatic heterocycles. The fourth-order valence-electron chi connectivity index (χ4n) is 3.18. The number of likely N-dealkylation sites (tertiary alicyclic amines) is 1. The summed E-state index contributed by atoms with van der Waals surface area (Å²) in [6.07, 6.45) is 5.03. The van der Waals surface area contributed by atoms with Crippen molar-refractivity contribution in [1.29, 1.82) is 0 Å². The first kappa shape index (κ1) is 21.2. The second-order valence-corrected chi connectivity index (χ2v) is 6.57. The van der Waals surface area contributed by atoms with Gasteiger partial charge in [-0.1, -0.05) is 13.3 Å². The Kier molecular flexibility index (Phi) is 11.9. The number of methoxy groups -OCH3 is 1. The summed E-state index contributed by atoms with van der Waals surface area (Å²) < 4.78 is 5.10. The first-order valence-corrected chi connectivity index (χ1v) is 9.64. The van der Waals surface area contributed by atoms with Crippen LogP contribution in [0.15, 0.2) is 4.99 Å². The van der Waals surface area contributed by atoms with Crippen LogP contribution in [0, 0.1) is 0 Å². The molecule has 6 nitrogen and oxygen atoms in total. The Morgan fingerprint density at radius 3 is 2.79 bits per heavy atom. The molecule has 6 heteroatoms. The number of aliphatic imine (C=N–C) groups is 1. The SMILES string of the molecule is CCNC(=NCC1CCCCN1CC)NCCN(C)CCCOC. The predicted molar refractivity (Wildman–Crippen MR) is 103 cm³/mol. The summed E-state index contributed by atoms with van der Waals surface area (Å²) in [7, 11) is 3.91. The van der Waals surface area contributed by atoms with E-state index in [4.69, 9.17) is 9.73 Å². The minimum absolute atomic E-state index is 0.607. The highest BCUT2D eigenvalue weighted by Crippen LogP contribution is 2.16. The van der Waals surface area contributed by atoms with Crippen molar-refractivity contribution in [3.05, 3.63) is 0 Å². The van der Waals surface area contributed by atoms with Crippen LogP contribution < -0.4 is 10.6 Å². The highest BCUT2D eigenvalue weighted by atomic mass is 16.5. The third kappa shape index (κ3) is 8.85. The first-order valence-electron chi connectivity index (χ1n) is 9.64. The van der Waals surface area contributed by atoms with Crippen molar-refractivity contribution in [3.63, 3.8) is 0 Å². The number of nitrogens with one attached hydrogen (secondary N) is 2. The maximum Gasteiger partial charge on any atom is 0.191 e. The van der Waals surface area contributed by atoms with Gasteiger partial charge in [-0.25, -0.2) is 0 Å². The molecule has 0 aromatic carbocycles. The van der Waals surface area contributed by atoms with Gasteiger partial charge in [-0.05, 0) is 46.3 Å². The Labute approximate surface area is 149 Å². The van der Waals surface area contributed by atoms with E-state index in [1.54, 1.807) is 7.11 Å². The molecule has 0 amide bonds. The van der Waals surface area contributed by atoms with E-state index in [0.29, 0.717) is 6.04 Å². The molecule has 1 aliphatic rings. The summed E-state index contributed by atoms with van der Waals surface area (Å²) in [6.45, 7) is 12.4. The van der Waals surface area contributed by atoms with Gasteiger partial charge in [-0.15, -0.1) is 0 Å². The van der Waals surface area contributed by atoms with Gasteiger partial charge in [-0.2, -0.15) is 0 Å². The van der Waals surface area contributed by atoms with E-state index in [1.807, 2.05) is 0 Å². The Morgan fingerprint density at radius 1 is 1.25 bits per heavy atom. The lowest BCUT2D eigenvalue weighted by Gasteiger charge is -2.34. The Balaban J connectivity index is 2.33. The van der Waals surface area contributed by atoms with E-state index < -0.39 is 0 Å². The van der Waals surface area contributed by atoms with E-state index in [-0.39, 0.29) is 0 Å². The number of rotatable bonds is 11. The standard InChI is InChI=1S/C18H39N5O/c1-5-19-18(20-11-14-22(3)12-9-15-24-4)21-16-17-10-7-8-13-23(17)6-2/h17H,5-16H2,1-4H3,(H2,19,20,21). The van der Waals surface area contributed by atoms with Gasteiger partial charge in [-0.3, -0.25) is 9.89 Å². The second-order valence-electron chi connectivity index (χ2n) is 6.57. The molecule has 1 saturated heterocycles. The van der Waals surface area contributed by atoms with Crippen molar-refractivity contribution < 1.29 is 4.74 Å². The van der Waals surface area contributed by atoms with Crippen LogP contribution in [0.4, 0.5) is 0 Å². The van der Waals surface area contributed by atoms with Crippen LogP contribution in [-0.2, 0) is 4.74 Å². The van der Waals surface area contributed by atoms with Crippen LogP contribution in [0.25, 0.3) is 0 Å². The third-order valence-corrected chi connectivity index (χ3v) is 4.63. The number of piperidine rings is 1. The number of guanidine groups is 1. The summed E-state index contributed by atoms with van der Waals surface area (Å²) in [4.78, 5) is 9.72. The molecule has 0 bridgehead atoms. The van der Waals surface area contributed by atoms with E-state index in [1.165, 1.54) is 25.8 Å². The molecular formula is C18H39N5O. The van der Waals surface area contributed by atoms with Crippen LogP contribution in [0.1, 0.15) is 39.5 Å². The number of hydrogen-bond acceptors (Lipinski definition) is 4. The zero-order valence-electron chi connectivity index (χ0n) is 16.3. The summed E-state index contributed by atoms with van der Waals surface area (Å²) in [5, 5.41) is 6.82. The van der Waals surface area contributed by atoms with Crippen LogP contribution in [0.3, 0.4) is 0 Å². The maximum atomic E-state index is 5.10. The van der Waals surface area contributed by atoms with Crippen molar-refractivity contribution in [2.24, 2.45) is 4.99 Å². The molecule has 24 heavy (non-hydrogen) atoms. The highest BCUT2D eigenvalue weighted by molar-refractivity contribution is 5.79. The van der Waals surface area contributed by atoms with Gasteiger partial charge in [0.1, 0.15) is 0 Å². The molecule has 1 aliphatic heterocycles. The molecule has 0 aliphatic carbocycles.